The molecule has 2 aromatic carbocycles. The molecule has 0 aliphatic heterocycles. The lowest BCUT2D eigenvalue weighted by Gasteiger charge is -2.20. The van der Waals surface area contributed by atoms with E-state index in [0.29, 0.717) is 6.54 Å². The molecule has 0 bridgehead atoms. The minimum Gasteiger partial charge on any atom is -0.356 e. The SMILES string of the molecule is CC(C(=O)NCCCn1ccc2ccccc21)C(N)c1ccccc1. The molecule has 0 spiro atoms. The Hall–Kier alpha value is -2.59. The van der Waals surface area contributed by atoms with Gasteiger partial charge in [0.05, 0.1) is 5.92 Å². The van der Waals surface area contributed by atoms with Crippen LogP contribution in [0.3, 0.4) is 0 Å². The molecule has 3 aromatic rings. The highest BCUT2D eigenvalue weighted by Crippen LogP contribution is 2.19. The van der Waals surface area contributed by atoms with Crippen molar-refractivity contribution >= 4 is 16.8 Å². The van der Waals surface area contributed by atoms with Crippen LogP contribution in [-0.2, 0) is 11.3 Å². The second-order valence-corrected chi connectivity index (χ2v) is 6.44. The lowest BCUT2D eigenvalue weighted by Crippen LogP contribution is -2.36. The molecule has 3 N–H and O–H groups in total. The number of hydrogen-bond acceptors (Lipinski definition) is 2. The van der Waals surface area contributed by atoms with E-state index in [9.17, 15) is 4.79 Å². The van der Waals surface area contributed by atoms with Crippen LogP contribution >= 0.6 is 0 Å². The number of carbonyl (C=O) groups is 1. The summed E-state index contributed by atoms with van der Waals surface area (Å²) >= 11 is 0. The molecule has 4 heteroatoms. The molecule has 0 fully saturated rings. The maximum Gasteiger partial charge on any atom is 0.224 e. The maximum atomic E-state index is 12.3. The summed E-state index contributed by atoms with van der Waals surface area (Å²) in [6, 6.07) is 19.9. The number of rotatable bonds is 7. The smallest absolute Gasteiger partial charge is 0.224 e. The molecule has 0 saturated heterocycles. The number of para-hydroxylation sites is 1. The molecule has 1 heterocycles. The van der Waals surface area contributed by atoms with Crippen molar-refractivity contribution in [2.75, 3.05) is 6.54 Å². The van der Waals surface area contributed by atoms with Gasteiger partial charge in [-0.3, -0.25) is 4.79 Å². The molecule has 2 unspecified atom stereocenters. The number of nitrogens with zero attached hydrogens (tertiary/aromatic N) is 1. The van der Waals surface area contributed by atoms with Gasteiger partial charge < -0.3 is 15.6 Å². The quantitative estimate of drug-likeness (QED) is 0.649. The molecule has 0 saturated carbocycles. The van der Waals surface area contributed by atoms with Gasteiger partial charge in [-0.15, -0.1) is 0 Å². The number of aromatic nitrogens is 1. The fraction of sp³-hybridized carbons (Fsp3) is 0.286. The van der Waals surface area contributed by atoms with Gasteiger partial charge in [-0.25, -0.2) is 0 Å². The molecule has 25 heavy (non-hydrogen) atoms. The molecule has 1 aromatic heterocycles. The monoisotopic (exact) mass is 335 g/mol. The third-order valence-electron chi connectivity index (χ3n) is 4.69. The van der Waals surface area contributed by atoms with Crippen LogP contribution in [0.2, 0.25) is 0 Å². The number of hydrogen-bond donors (Lipinski definition) is 2. The Balaban J connectivity index is 1.47. The van der Waals surface area contributed by atoms with Crippen LogP contribution in [0.15, 0.2) is 66.9 Å². The van der Waals surface area contributed by atoms with E-state index in [-0.39, 0.29) is 17.9 Å². The van der Waals surface area contributed by atoms with Gasteiger partial charge in [0.1, 0.15) is 0 Å². The second-order valence-electron chi connectivity index (χ2n) is 6.44. The van der Waals surface area contributed by atoms with Crippen LogP contribution < -0.4 is 11.1 Å². The van der Waals surface area contributed by atoms with Gasteiger partial charge in [-0.2, -0.15) is 0 Å². The van der Waals surface area contributed by atoms with Gasteiger partial charge >= 0.3 is 0 Å². The molecule has 0 aliphatic carbocycles. The number of nitrogens with two attached hydrogens (primary N) is 1. The summed E-state index contributed by atoms with van der Waals surface area (Å²) in [7, 11) is 0. The zero-order valence-corrected chi connectivity index (χ0v) is 14.6. The summed E-state index contributed by atoms with van der Waals surface area (Å²) in [5.41, 5.74) is 8.44. The van der Waals surface area contributed by atoms with Crippen molar-refractivity contribution in [3.8, 4) is 0 Å². The van der Waals surface area contributed by atoms with Crippen LogP contribution in [0.1, 0.15) is 24.9 Å². The van der Waals surface area contributed by atoms with E-state index in [1.54, 1.807) is 0 Å². The fourth-order valence-corrected chi connectivity index (χ4v) is 3.08. The summed E-state index contributed by atoms with van der Waals surface area (Å²) in [6.07, 6.45) is 2.98. The summed E-state index contributed by atoms with van der Waals surface area (Å²) < 4.78 is 2.22. The van der Waals surface area contributed by atoms with Crippen LogP contribution in [0.4, 0.5) is 0 Å². The van der Waals surface area contributed by atoms with E-state index < -0.39 is 0 Å². The molecule has 130 valence electrons. The Kier molecular flexibility index (Phi) is 5.51. The van der Waals surface area contributed by atoms with E-state index in [2.05, 4.69) is 34.3 Å². The van der Waals surface area contributed by atoms with Gasteiger partial charge in [-0.05, 0) is 29.5 Å². The van der Waals surface area contributed by atoms with Gasteiger partial charge in [0.15, 0.2) is 0 Å². The first kappa shape index (κ1) is 17.2. The average molecular weight is 335 g/mol. The van der Waals surface area contributed by atoms with E-state index >= 15 is 0 Å². The Bertz CT molecular complexity index is 825. The number of fused-ring (bicyclic) bond motifs is 1. The first-order valence-electron chi connectivity index (χ1n) is 8.79. The van der Waals surface area contributed by atoms with Gasteiger partial charge in [-0.1, -0.05) is 55.5 Å². The second kappa shape index (κ2) is 7.99. The van der Waals surface area contributed by atoms with Crippen LogP contribution in [0.5, 0.6) is 0 Å². The molecule has 0 aliphatic rings. The number of amides is 1. The van der Waals surface area contributed by atoms with Crippen LogP contribution in [-0.4, -0.2) is 17.0 Å². The summed E-state index contributed by atoms with van der Waals surface area (Å²) in [5.74, 6) is -0.247. The van der Waals surface area contributed by atoms with Crippen molar-refractivity contribution < 1.29 is 4.79 Å². The van der Waals surface area contributed by atoms with Crippen LogP contribution in [0, 0.1) is 5.92 Å². The Morgan fingerprint density at radius 1 is 1.08 bits per heavy atom. The highest BCUT2D eigenvalue weighted by molar-refractivity contribution is 5.80. The van der Waals surface area contributed by atoms with Crippen molar-refractivity contribution in [3.05, 3.63) is 72.4 Å². The van der Waals surface area contributed by atoms with Gasteiger partial charge in [0.2, 0.25) is 5.91 Å². The zero-order valence-electron chi connectivity index (χ0n) is 14.6. The number of carbonyl (C=O) groups excluding carboxylic acids is 1. The fourth-order valence-electron chi connectivity index (χ4n) is 3.08. The molecule has 1 amide bonds. The van der Waals surface area contributed by atoms with E-state index in [1.165, 1.54) is 10.9 Å². The van der Waals surface area contributed by atoms with Gasteiger partial charge in [0.25, 0.3) is 0 Å². The topological polar surface area (TPSA) is 60.0 Å². The van der Waals surface area contributed by atoms with E-state index in [4.69, 9.17) is 5.73 Å². The minimum atomic E-state index is -0.283. The predicted octanol–water partition coefficient (Wildman–Crippen LogP) is 3.48. The van der Waals surface area contributed by atoms with Gasteiger partial charge in [0, 0.05) is 30.8 Å². The molecule has 4 nitrogen and oxygen atoms in total. The number of benzene rings is 2. The zero-order chi connectivity index (χ0) is 17.6. The normalized spacial score (nSPS) is 13.5. The standard InChI is InChI=1S/C21H25N3O/c1-16(20(22)18-9-3-2-4-10-18)21(25)23-13-7-14-24-15-12-17-8-5-6-11-19(17)24/h2-6,8-12,15-16,20H,7,13-14,22H2,1H3,(H,23,25). The van der Waals surface area contributed by atoms with Crippen molar-refractivity contribution in [2.45, 2.75) is 25.9 Å². The third-order valence-corrected chi connectivity index (χ3v) is 4.69. The summed E-state index contributed by atoms with van der Waals surface area (Å²) in [5, 5.41) is 4.26. The highest BCUT2D eigenvalue weighted by Gasteiger charge is 2.21. The predicted molar refractivity (Wildman–Crippen MR) is 102 cm³/mol. The van der Waals surface area contributed by atoms with Crippen molar-refractivity contribution in [3.63, 3.8) is 0 Å². The van der Waals surface area contributed by atoms with Crippen molar-refractivity contribution in [1.82, 2.24) is 9.88 Å². The lowest BCUT2D eigenvalue weighted by molar-refractivity contribution is -0.125. The first-order chi connectivity index (χ1) is 12.2. The molecule has 0 radical (unpaired) electrons. The Morgan fingerprint density at radius 2 is 1.80 bits per heavy atom. The summed E-state index contributed by atoms with van der Waals surface area (Å²) in [6.45, 7) is 3.41. The number of nitrogens with one attached hydrogen (secondary N) is 1. The Morgan fingerprint density at radius 3 is 2.60 bits per heavy atom. The van der Waals surface area contributed by atoms with E-state index in [1.807, 2.05) is 49.4 Å². The third kappa shape index (κ3) is 4.09. The molecular formula is C21H25N3O. The first-order valence-corrected chi connectivity index (χ1v) is 8.79. The van der Waals surface area contributed by atoms with E-state index in [0.717, 1.165) is 18.5 Å². The highest BCUT2D eigenvalue weighted by atomic mass is 16.1. The molecule has 3 rings (SSSR count). The molecular weight excluding hydrogens is 310 g/mol. The average Bonchev–Trinajstić information content (AvgIpc) is 3.07. The number of aryl methyl sites for hydroxylation is 1. The molecule has 2 atom stereocenters. The maximum absolute atomic E-state index is 12.3. The van der Waals surface area contributed by atoms with Crippen molar-refractivity contribution in [1.29, 1.82) is 0 Å². The minimum absolute atomic E-state index is 0.00807. The lowest BCUT2D eigenvalue weighted by atomic mass is 9.95. The van der Waals surface area contributed by atoms with Crippen LogP contribution in [0.25, 0.3) is 10.9 Å². The van der Waals surface area contributed by atoms with Crippen molar-refractivity contribution in [2.24, 2.45) is 11.7 Å². The Labute approximate surface area is 148 Å². The summed E-state index contributed by atoms with van der Waals surface area (Å²) in [4.78, 5) is 12.3. The largest absolute Gasteiger partial charge is 0.356 e.